The Morgan fingerprint density at radius 1 is 1.13 bits per heavy atom. The van der Waals surface area contributed by atoms with Crippen LogP contribution in [0.3, 0.4) is 0 Å². The smallest absolute Gasteiger partial charge is 0.254 e. The lowest BCUT2D eigenvalue weighted by Crippen LogP contribution is -2.55. The van der Waals surface area contributed by atoms with Crippen molar-refractivity contribution in [3.8, 4) is 0 Å². The molecule has 1 saturated carbocycles. The minimum absolute atomic E-state index is 0.0260. The molecule has 1 aromatic heterocycles. The van der Waals surface area contributed by atoms with Gasteiger partial charge in [-0.15, -0.1) is 0 Å². The highest BCUT2D eigenvalue weighted by Crippen LogP contribution is 2.24. The number of aromatic nitrogens is 1. The van der Waals surface area contributed by atoms with Gasteiger partial charge >= 0.3 is 0 Å². The number of carbonyl (C=O) groups is 2. The van der Waals surface area contributed by atoms with E-state index in [1.165, 1.54) is 25.3 Å². The van der Waals surface area contributed by atoms with Crippen molar-refractivity contribution in [2.45, 2.75) is 45.1 Å². The van der Waals surface area contributed by atoms with Gasteiger partial charge < -0.3 is 14.8 Å². The summed E-state index contributed by atoms with van der Waals surface area (Å²) < 4.78 is 0. The molecule has 3 rings (SSSR count). The standard InChI is InChI=1S/C17H23N3O3/c1-12-9-13(10-15(21)18-12)17(23)19-7-8-20(16(22)11-19)14-5-3-2-4-6-14/h9-10,14H,2-8,11H2,1H3,(H,18,21). The van der Waals surface area contributed by atoms with Gasteiger partial charge in [-0.25, -0.2) is 0 Å². The SMILES string of the molecule is Cc1cc(C(=O)N2CCN(C3CCCCC3)C(=O)C2)cc(=O)[nH]1. The van der Waals surface area contributed by atoms with E-state index in [2.05, 4.69) is 4.98 Å². The molecule has 0 bridgehead atoms. The van der Waals surface area contributed by atoms with Gasteiger partial charge in [0.25, 0.3) is 5.91 Å². The van der Waals surface area contributed by atoms with E-state index in [4.69, 9.17) is 0 Å². The third kappa shape index (κ3) is 3.46. The Hall–Kier alpha value is -2.11. The molecule has 1 aliphatic carbocycles. The van der Waals surface area contributed by atoms with Crippen molar-refractivity contribution in [3.05, 3.63) is 33.7 Å². The van der Waals surface area contributed by atoms with Gasteiger partial charge in [0, 0.05) is 36.5 Å². The molecule has 6 nitrogen and oxygen atoms in total. The zero-order chi connectivity index (χ0) is 16.4. The molecule has 2 heterocycles. The van der Waals surface area contributed by atoms with E-state index >= 15 is 0 Å². The maximum Gasteiger partial charge on any atom is 0.254 e. The molecule has 0 spiro atoms. The monoisotopic (exact) mass is 317 g/mol. The Kier molecular flexibility index (Phi) is 4.50. The Bertz CT molecular complexity index is 661. The van der Waals surface area contributed by atoms with Crippen LogP contribution in [-0.2, 0) is 4.79 Å². The largest absolute Gasteiger partial charge is 0.336 e. The fourth-order valence-corrected chi connectivity index (χ4v) is 3.63. The summed E-state index contributed by atoms with van der Waals surface area (Å²) in [5.74, 6) is -0.214. The first-order chi connectivity index (χ1) is 11.0. The van der Waals surface area contributed by atoms with E-state index in [0.29, 0.717) is 30.4 Å². The summed E-state index contributed by atoms with van der Waals surface area (Å²) in [6.07, 6.45) is 5.78. The number of rotatable bonds is 2. The number of amides is 2. The summed E-state index contributed by atoms with van der Waals surface area (Å²) in [6, 6.07) is 3.30. The Morgan fingerprint density at radius 2 is 1.87 bits per heavy atom. The number of nitrogens with zero attached hydrogens (tertiary/aromatic N) is 2. The van der Waals surface area contributed by atoms with Crippen LogP contribution in [-0.4, -0.2) is 52.3 Å². The van der Waals surface area contributed by atoms with Crippen LogP contribution in [0.25, 0.3) is 0 Å². The fraction of sp³-hybridized carbons (Fsp3) is 0.588. The fourth-order valence-electron chi connectivity index (χ4n) is 3.63. The lowest BCUT2D eigenvalue weighted by Gasteiger charge is -2.40. The van der Waals surface area contributed by atoms with Crippen molar-refractivity contribution in [1.29, 1.82) is 0 Å². The van der Waals surface area contributed by atoms with Crippen LogP contribution in [0.15, 0.2) is 16.9 Å². The molecule has 1 saturated heterocycles. The molecule has 1 aromatic rings. The highest BCUT2D eigenvalue weighted by atomic mass is 16.2. The quantitative estimate of drug-likeness (QED) is 0.893. The van der Waals surface area contributed by atoms with Crippen LogP contribution >= 0.6 is 0 Å². The normalized spacial score (nSPS) is 20.0. The summed E-state index contributed by atoms with van der Waals surface area (Å²) in [7, 11) is 0. The number of hydrogen-bond acceptors (Lipinski definition) is 3. The van der Waals surface area contributed by atoms with Crippen LogP contribution in [0, 0.1) is 6.92 Å². The van der Waals surface area contributed by atoms with Gasteiger partial charge in [-0.05, 0) is 25.8 Å². The molecule has 1 N–H and O–H groups in total. The van der Waals surface area contributed by atoms with E-state index in [-0.39, 0.29) is 23.9 Å². The Balaban J connectivity index is 1.68. The molecular formula is C17H23N3O3. The predicted octanol–water partition coefficient (Wildman–Crippen LogP) is 1.30. The van der Waals surface area contributed by atoms with Crippen molar-refractivity contribution in [2.75, 3.05) is 19.6 Å². The summed E-state index contributed by atoms with van der Waals surface area (Å²) in [6.45, 7) is 2.98. The third-order valence-corrected chi connectivity index (χ3v) is 4.79. The summed E-state index contributed by atoms with van der Waals surface area (Å²) >= 11 is 0. The molecule has 6 heteroatoms. The van der Waals surface area contributed by atoms with E-state index in [1.807, 2.05) is 4.90 Å². The highest BCUT2D eigenvalue weighted by Gasteiger charge is 2.32. The zero-order valence-corrected chi connectivity index (χ0v) is 13.5. The molecule has 0 radical (unpaired) electrons. The second-order valence-corrected chi connectivity index (χ2v) is 6.52. The second-order valence-electron chi connectivity index (χ2n) is 6.52. The number of pyridine rings is 1. The van der Waals surface area contributed by atoms with E-state index in [0.717, 1.165) is 12.8 Å². The van der Waals surface area contributed by atoms with E-state index in [9.17, 15) is 14.4 Å². The summed E-state index contributed by atoms with van der Waals surface area (Å²) in [5, 5.41) is 0. The zero-order valence-electron chi connectivity index (χ0n) is 13.5. The molecular weight excluding hydrogens is 294 g/mol. The first kappa shape index (κ1) is 15.8. The number of aryl methyl sites for hydroxylation is 1. The average molecular weight is 317 g/mol. The summed E-state index contributed by atoms with van der Waals surface area (Å²) in [5.41, 5.74) is 0.707. The maximum atomic E-state index is 12.5. The molecule has 124 valence electrons. The van der Waals surface area contributed by atoms with Crippen LogP contribution in [0.4, 0.5) is 0 Å². The highest BCUT2D eigenvalue weighted by molar-refractivity contribution is 5.97. The van der Waals surface area contributed by atoms with Crippen LogP contribution in [0.2, 0.25) is 0 Å². The molecule has 2 fully saturated rings. The summed E-state index contributed by atoms with van der Waals surface area (Å²) in [4.78, 5) is 42.6. The van der Waals surface area contributed by atoms with Crippen molar-refractivity contribution >= 4 is 11.8 Å². The van der Waals surface area contributed by atoms with Gasteiger partial charge in [0.2, 0.25) is 11.5 Å². The van der Waals surface area contributed by atoms with Gasteiger partial charge in [0.15, 0.2) is 0 Å². The van der Waals surface area contributed by atoms with Crippen LogP contribution < -0.4 is 5.56 Å². The molecule has 2 amide bonds. The van der Waals surface area contributed by atoms with E-state index < -0.39 is 0 Å². The number of carbonyl (C=O) groups excluding carboxylic acids is 2. The predicted molar refractivity (Wildman–Crippen MR) is 86.3 cm³/mol. The van der Waals surface area contributed by atoms with Crippen LogP contribution in [0.1, 0.15) is 48.2 Å². The van der Waals surface area contributed by atoms with Gasteiger partial charge in [-0.2, -0.15) is 0 Å². The van der Waals surface area contributed by atoms with Crippen molar-refractivity contribution < 1.29 is 9.59 Å². The molecule has 1 aliphatic heterocycles. The lowest BCUT2D eigenvalue weighted by atomic mass is 9.93. The first-order valence-electron chi connectivity index (χ1n) is 8.34. The average Bonchev–Trinajstić information content (AvgIpc) is 2.54. The Morgan fingerprint density at radius 3 is 2.52 bits per heavy atom. The number of aromatic amines is 1. The molecule has 2 aliphatic rings. The molecule has 0 unspecified atom stereocenters. The minimum Gasteiger partial charge on any atom is -0.336 e. The van der Waals surface area contributed by atoms with Crippen molar-refractivity contribution in [2.24, 2.45) is 0 Å². The van der Waals surface area contributed by atoms with Gasteiger partial charge in [-0.1, -0.05) is 19.3 Å². The second kappa shape index (κ2) is 6.56. The van der Waals surface area contributed by atoms with Crippen molar-refractivity contribution in [1.82, 2.24) is 14.8 Å². The number of nitrogens with one attached hydrogen (secondary N) is 1. The van der Waals surface area contributed by atoms with Gasteiger partial charge in [-0.3, -0.25) is 14.4 Å². The molecule has 0 atom stereocenters. The van der Waals surface area contributed by atoms with Crippen molar-refractivity contribution in [3.63, 3.8) is 0 Å². The van der Waals surface area contributed by atoms with Gasteiger partial charge in [0.1, 0.15) is 6.54 Å². The number of hydrogen-bond donors (Lipinski definition) is 1. The number of piperazine rings is 1. The first-order valence-corrected chi connectivity index (χ1v) is 8.34. The minimum atomic E-state index is -0.291. The van der Waals surface area contributed by atoms with E-state index in [1.54, 1.807) is 17.9 Å². The number of H-pyrrole nitrogens is 1. The van der Waals surface area contributed by atoms with Gasteiger partial charge in [0.05, 0.1) is 0 Å². The lowest BCUT2D eigenvalue weighted by molar-refractivity contribution is -0.138. The molecule has 0 aromatic carbocycles. The topological polar surface area (TPSA) is 73.5 Å². The maximum absolute atomic E-state index is 12.5. The molecule has 23 heavy (non-hydrogen) atoms. The third-order valence-electron chi connectivity index (χ3n) is 4.79. The Labute approximate surface area is 135 Å². The van der Waals surface area contributed by atoms with Crippen LogP contribution in [0.5, 0.6) is 0 Å².